The first-order valence-electron chi connectivity index (χ1n) is 17.4. The molecule has 4 aromatic carbocycles. The maximum absolute atomic E-state index is 14.9. The van der Waals surface area contributed by atoms with Crippen molar-refractivity contribution in [1.82, 2.24) is 10.2 Å². The van der Waals surface area contributed by atoms with Crippen molar-refractivity contribution in [2.75, 3.05) is 11.9 Å². The van der Waals surface area contributed by atoms with Crippen molar-refractivity contribution in [2.24, 2.45) is 0 Å². The van der Waals surface area contributed by atoms with Crippen molar-refractivity contribution in [1.29, 1.82) is 0 Å². The molecule has 0 aromatic heterocycles. The number of benzene rings is 4. The van der Waals surface area contributed by atoms with Gasteiger partial charge in [-0.15, -0.1) is 6.42 Å². The zero-order chi connectivity index (χ0) is 36.1. The summed E-state index contributed by atoms with van der Waals surface area (Å²) < 4.78 is 5.57. The summed E-state index contributed by atoms with van der Waals surface area (Å²) >= 11 is 0. The Morgan fingerprint density at radius 1 is 0.860 bits per heavy atom. The van der Waals surface area contributed by atoms with E-state index >= 15 is 0 Å². The Morgan fingerprint density at radius 2 is 1.52 bits per heavy atom. The van der Waals surface area contributed by atoms with Gasteiger partial charge in [0.25, 0.3) is 5.91 Å². The van der Waals surface area contributed by atoms with Crippen LogP contribution in [0, 0.1) is 12.3 Å². The maximum Gasteiger partial charge on any atom is 0.408 e. The molecule has 262 valence electrons. The lowest BCUT2D eigenvalue weighted by Crippen LogP contribution is -2.53. The van der Waals surface area contributed by atoms with E-state index in [9.17, 15) is 19.5 Å². The Morgan fingerprint density at radius 3 is 2.22 bits per heavy atom. The van der Waals surface area contributed by atoms with E-state index in [1.54, 1.807) is 62.1 Å². The molecule has 0 fully saturated rings. The van der Waals surface area contributed by atoms with Gasteiger partial charge >= 0.3 is 6.09 Å². The molecule has 0 saturated carbocycles. The van der Waals surface area contributed by atoms with Crippen molar-refractivity contribution in [3.63, 3.8) is 0 Å². The van der Waals surface area contributed by atoms with Gasteiger partial charge in [0.1, 0.15) is 23.4 Å². The SMILES string of the molecule is C#Cc1ccccc1C(C(=O)Nc1ccc2ccccc2c1)N(CCCCCCCC)C(=O)C(Cc1ccc(O)cc1)NC(=O)OC(C)(C)C. The van der Waals surface area contributed by atoms with Crippen LogP contribution in [0.5, 0.6) is 5.75 Å². The number of carbonyl (C=O) groups excluding carboxylic acids is 3. The quantitative estimate of drug-likeness (QED) is 0.0865. The third kappa shape index (κ3) is 10.9. The summed E-state index contributed by atoms with van der Waals surface area (Å²) in [6, 6.07) is 24.9. The first-order chi connectivity index (χ1) is 24.0. The van der Waals surface area contributed by atoms with Crippen LogP contribution in [0.4, 0.5) is 10.5 Å². The highest BCUT2D eigenvalue weighted by molar-refractivity contribution is 6.00. The number of hydrogen-bond acceptors (Lipinski definition) is 5. The molecular formula is C42H49N3O5. The highest BCUT2D eigenvalue weighted by Crippen LogP contribution is 2.29. The van der Waals surface area contributed by atoms with Gasteiger partial charge in [0.15, 0.2) is 0 Å². The van der Waals surface area contributed by atoms with E-state index in [0.29, 0.717) is 28.8 Å². The fraction of sp³-hybridized carbons (Fsp3) is 0.357. The summed E-state index contributed by atoms with van der Waals surface area (Å²) in [7, 11) is 0. The minimum Gasteiger partial charge on any atom is -0.508 e. The van der Waals surface area contributed by atoms with E-state index in [2.05, 4.69) is 23.5 Å². The predicted molar refractivity (Wildman–Crippen MR) is 200 cm³/mol. The highest BCUT2D eigenvalue weighted by Gasteiger charge is 2.37. The van der Waals surface area contributed by atoms with Crippen LogP contribution in [-0.4, -0.2) is 46.1 Å². The molecule has 0 aliphatic rings. The van der Waals surface area contributed by atoms with Crippen LogP contribution in [0.25, 0.3) is 10.8 Å². The number of alkyl carbamates (subject to hydrolysis) is 1. The third-order valence-electron chi connectivity index (χ3n) is 8.39. The number of nitrogens with one attached hydrogen (secondary N) is 2. The summed E-state index contributed by atoms with van der Waals surface area (Å²) in [4.78, 5) is 44.2. The van der Waals surface area contributed by atoms with Gasteiger partial charge in [-0.2, -0.15) is 0 Å². The first-order valence-corrected chi connectivity index (χ1v) is 17.4. The number of carbonyl (C=O) groups is 3. The molecule has 0 aliphatic heterocycles. The van der Waals surface area contributed by atoms with Gasteiger partial charge < -0.3 is 25.4 Å². The average molecular weight is 676 g/mol. The van der Waals surface area contributed by atoms with Crippen LogP contribution in [0.2, 0.25) is 0 Å². The second-order valence-corrected chi connectivity index (χ2v) is 13.6. The Hall–Kier alpha value is -5.29. The number of terminal acetylenes is 1. The van der Waals surface area contributed by atoms with Crippen molar-refractivity contribution >= 4 is 34.4 Å². The molecular weight excluding hydrogens is 626 g/mol. The standard InChI is InChI=1S/C42H49N3O5/c1-6-8-9-10-11-16-27-45(40(48)37(44-41(49)50-42(3,4)5)28-30-21-25-35(46)26-22-30)38(36-20-15-14-17-31(36)7-2)39(47)43-34-24-23-32-18-12-13-19-33(32)29-34/h2,12-15,17-26,29,37-38,46H,6,8-11,16,27-28H2,1,3-5H3,(H,43,47)(H,44,49). The number of phenolic OH excluding ortho intramolecular Hbond substituents is 1. The van der Waals surface area contributed by atoms with E-state index in [0.717, 1.165) is 42.9 Å². The molecule has 0 radical (unpaired) electrons. The van der Waals surface area contributed by atoms with Gasteiger partial charge in [0, 0.05) is 24.2 Å². The summed E-state index contributed by atoms with van der Waals surface area (Å²) in [6.07, 6.45) is 11.1. The van der Waals surface area contributed by atoms with Crippen molar-refractivity contribution < 1.29 is 24.2 Å². The Bertz CT molecular complexity index is 1790. The van der Waals surface area contributed by atoms with E-state index in [1.165, 1.54) is 12.1 Å². The second-order valence-electron chi connectivity index (χ2n) is 13.6. The number of rotatable bonds is 15. The number of hydrogen-bond donors (Lipinski definition) is 3. The van der Waals surface area contributed by atoms with Gasteiger partial charge in [-0.05, 0) is 79.4 Å². The number of phenols is 1. The van der Waals surface area contributed by atoms with Gasteiger partial charge in [0.2, 0.25) is 5.91 Å². The van der Waals surface area contributed by atoms with Crippen LogP contribution >= 0.6 is 0 Å². The zero-order valence-electron chi connectivity index (χ0n) is 29.6. The van der Waals surface area contributed by atoms with E-state index in [-0.39, 0.29) is 18.7 Å². The number of ether oxygens (including phenoxy) is 1. The Labute approximate surface area is 296 Å². The molecule has 4 rings (SSSR count). The van der Waals surface area contributed by atoms with Crippen molar-refractivity contribution in [3.8, 4) is 18.1 Å². The normalized spacial score (nSPS) is 12.4. The maximum atomic E-state index is 14.9. The van der Waals surface area contributed by atoms with Crippen LogP contribution in [0.15, 0.2) is 91.0 Å². The summed E-state index contributed by atoms with van der Waals surface area (Å²) in [5.74, 6) is 1.90. The molecule has 8 heteroatoms. The van der Waals surface area contributed by atoms with Gasteiger partial charge in [-0.1, -0.05) is 106 Å². The summed E-state index contributed by atoms with van der Waals surface area (Å²) in [5, 5.41) is 17.7. The largest absolute Gasteiger partial charge is 0.508 e. The number of anilines is 1. The molecule has 8 nitrogen and oxygen atoms in total. The van der Waals surface area contributed by atoms with Crippen LogP contribution in [0.3, 0.4) is 0 Å². The second kappa shape index (κ2) is 17.9. The number of nitrogens with zero attached hydrogens (tertiary/aromatic N) is 1. The van der Waals surface area contributed by atoms with Crippen molar-refractivity contribution in [3.05, 3.63) is 108 Å². The third-order valence-corrected chi connectivity index (χ3v) is 8.39. The predicted octanol–water partition coefficient (Wildman–Crippen LogP) is 8.53. The number of amides is 3. The van der Waals surface area contributed by atoms with E-state index in [1.807, 2.05) is 42.5 Å². The monoisotopic (exact) mass is 675 g/mol. The topological polar surface area (TPSA) is 108 Å². The molecule has 0 heterocycles. The fourth-order valence-electron chi connectivity index (χ4n) is 5.94. The van der Waals surface area contributed by atoms with Gasteiger partial charge in [-0.3, -0.25) is 9.59 Å². The average Bonchev–Trinajstić information content (AvgIpc) is 3.08. The van der Waals surface area contributed by atoms with Crippen LogP contribution in [0.1, 0.15) is 89.0 Å². The summed E-state index contributed by atoms with van der Waals surface area (Å²) in [6.45, 7) is 7.66. The lowest BCUT2D eigenvalue weighted by Gasteiger charge is -2.35. The van der Waals surface area contributed by atoms with Crippen LogP contribution < -0.4 is 10.6 Å². The van der Waals surface area contributed by atoms with E-state index < -0.39 is 35.6 Å². The smallest absolute Gasteiger partial charge is 0.408 e. The minimum absolute atomic E-state index is 0.0812. The lowest BCUT2D eigenvalue weighted by molar-refractivity contribution is -0.140. The first kappa shape index (κ1) is 37.5. The Kier molecular flexibility index (Phi) is 13.4. The fourth-order valence-corrected chi connectivity index (χ4v) is 5.94. The van der Waals surface area contributed by atoms with E-state index in [4.69, 9.17) is 11.2 Å². The molecule has 4 aromatic rings. The minimum atomic E-state index is -1.11. The molecule has 0 aliphatic carbocycles. The molecule has 50 heavy (non-hydrogen) atoms. The van der Waals surface area contributed by atoms with Crippen LogP contribution in [-0.2, 0) is 20.7 Å². The molecule has 3 N–H and O–H groups in total. The molecule has 0 saturated heterocycles. The molecule has 2 atom stereocenters. The Balaban J connectivity index is 1.77. The zero-order valence-corrected chi connectivity index (χ0v) is 29.6. The van der Waals surface area contributed by atoms with Gasteiger partial charge in [-0.25, -0.2) is 4.79 Å². The summed E-state index contributed by atoms with van der Waals surface area (Å²) in [5.41, 5.74) is 1.48. The molecule has 0 bridgehead atoms. The lowest BCUT2D eigenvalue weighted by atomic mass is 9.96. The van der Waals surface area contributed by atoms with Crippen molar-refractivity contribution in [2.45, 2.75) is 90.3 Å². The highest BCUT2D eigenvalue weighted by atomic mass is 16.6. The number of fused-ring (bicyclic) bond motifs is 1. The molecule has 0 spiro atoms. The molecule has 3 amide bonds. The van der Waals surface area contributed by atoms with Gasteiger partial charge in [0.05, 0.1) is 0 Å². The number of unbranched alkanes of at least 4 members (excludes halogenated alkanes) is 5. The molecule has 2 unspecified atom stereocenters. The number of aromatic hydroxyl groups is 1.